The molecule has 16 heavy (non-hydrogen) atoms. The standard InChI is InChI=1S/C13H25NO2/c1-3-11-9-10(7-8-16-11)14-12-5-4-6-13(12)15-2/h10-14H,3-9H2,1-2H3. The van der Waals surface area contributed by atoms with Crippen molar-refractivity contribution in [2.75, 3.05) is 13.7 Å². The quantitative estimate of drug-likeness (QED) is 0.798. The summed E-state index contributed by atoms with van der Waals surface area (Å²) in [4.78, 5) is 0. The maximum atomic E-state index is 5.70. The van der Waals surface area contributed by atoms with E-state index in [1.165, 1.54) is 25.7 Å². The van der Waals surface area contributed by atoms with E-state index in [1.807, 2.05) is 7.11 Å². The zero-order valence-corrected chi connectivity index (χ0v) is 10.6. The Morgan fingerprint density at radius 2 is 2.19 bits per heavy atom. The monoisotopic (exact) mass is 227 g/mol. The van der Waals surface area contributed by atoms with Crippen molar-refractivity contribution in [1.82, 2.24) is 5.32 Å². The van der Waals surface area contributed by atoms with E-state index in [4.69, 9.17) is 9.47 Å². The van der Waals surface area contributed by atoms with Gasteiger partial charge in [0.1, 0.15) is 0 Å². The average Bonchev–Trinajstić information content (AvgIpc) is 2.76. The molecule has 0 aromatic heterocycles. The molecule has 1 aliphatic heterocycles. The van der Waals surface area contributed by atoms with Gasteiger partial charge in [-0.1, -0.05) is 6.92 Å². The molecule has 4 atom stereocenters. The molecule has 0 radical (unpaired) electrons. The predicted octanol–water partition coefficient (Wildman–Crippen LogP) is 2.10. The van der Waals surface area contributed by atoms with Crippen LogP contribution in [-0.4, -0.2) is 38.0 Å². The minimum atomic E-state index is 0.433. The molecule has 2 aliphatic rings. The molecule has 0 aromatic carbocycles. The van der Waals surface area contributed by atoms with Crippen LogP contribution in [0.3, 0.4) is 0 Å². The zero-order chi connectivity index (χ0) is 11.4. The fourth-order valence-corrected chi connectivity index (χ4v) is 3.02. The summed E-state index contributed by atoms with van der Waals surface area (Å²) >= 11 is 0. The summed E-state index contributed by atoms with van der Waals surface area (Å²) in [5.41, 5.74) is 0. The minimum Gasteiger partial charge on any atom is -0.380 e. The van der Waals surface area contributed by atoms with Gasteiger partial charge in [0.15, 0.2) is 0 Å². The van der Waals surface area contributed by atoms with Crippen molar-refractivity contribution in [3.8, 4) is 0 Å². The Hall–Kier alpha value is -0.120. The Labute approximate surface area is 98.9 Å². The van der Waals surface area contributed by atoms with Crippen molar-refractivity contribution in [1.29, 1.82) is 0 Å². The molecule has 1 N–H and O–H groups in total. The Kier molecular flexibility index (Phi) is 4.62. The van der Waals surface area contributed by atoms with Crippen LogP contribution in [0.25, 0.3) is 0 Å². The van der Waals surface area contributed by atoms with Gasteiger partial charge in [-0.3, -0.25) is 0 Å². The van der Waals surface area contributed by atoms with E-state index in [1.54, 1.807) is 0 Å². The lowest BCUT2D eigenvalue weighted by Gasteiger charge is -2.33. The molecular formula is C13H25NO2. The Bertz CT molecular complexity index is 210. The maximum Gasteiger partial charge on any atom is 0.0724 e. The fourth-order valence-electron chi connectivity index (χ4n) is 3.02. The van der Waals surface area contributed by atoms with Crippen LogP contribution in [0.5, 0.6) is 0 Å². The molecule has 1 aliphatic carbocycles. The third kappa shape index (κ3) is 2.96. The van der Waals surface area contributed by atoms with E-state index in [0.29, 0.717) is 24.3 Å². The van der Waals surface area contributed by atoms with Crippen molar-refractivity contribution in [3.05, 3.63) is 0 Å². The first-order valence-corrected chi connectivity index (χ1v) is 6.74. The van der Waals surface area contributed by atoms with Crippen LogP contribution in [-0.2, 0) is 9.47 Å². The van der Waals surface area contributed by atoms with Crippen LogP contribution in [0.4, 0.5) is 0 Å². The molecule has 1 saturated carbocycles. The highest BCUT2D eigenvalue weighted by atomic mass is 16.5. The maximum absolute atomic E-state index is 5.70. The van der Waals surface area contributed by atoms with Gasteiger partial charge < -0.3 is 14.8 Å². The topological polar surface area (TPSA) is 30.5 Å². The number of methoxy groups -OCH3 is 1. The number of hydrogen-bond acceptors (Lipinski definition) is 3. The summed E-state index contributed by atoms with van der Waals surface area (Å²) in [6.45, 7) is 3.13. The van der Waals surface area contributed by atoms with E-state index >= 15 is 0 Å². The summed E-state index contributed by atoms with van der Waals surface area (Å²) in [5.74, 6) is 0. The van der Waals surface area contributed by atoms with Crippen molar-refractivity contribution in [2.24, 2.45) is 0 Å². The lowest BCUT2D eigenvalue weighted by Crippen LogP contribution is -2.47. The molecule has 2 fully saturated rings. The molecule has 0 bridgehead atoms. The predicted molar refractivity (Wildman–Crippen MR) is 64.6 cm³/mol. The van der Waals surface area contributed by atoms with Gasteiger partial charge in [0.25, 0.3) is 0 Å². The number of nitrogens with one attached hydrogen (secondary N) is 1. The first-order valence-electron chi connectivity index (χ1n) is 6.74. The largest absolute Gasteiger partial charge is 0.380 e. The summed E-state index contributed by atoms with van der Waals surface area (Å²) in [5, 5.41) is 3.78. The molecule has 0 amide bonds. The van der Waals surface area contributed by atoms with Crippen LogP contribution < -0.4 is 5.32 Å². The minimum absolute atomic E-state index is 0.433. The zero-order valence-electron chi connectivity index (χ0n) is 10.6. The van der Waals surface area contributed by atoms with Crippen LogP contribution in [0.2, 0.25) is 0 Å². The van der Waals surface area contributed by atoms with Crippen LogP contribution in [0, 0.1) is 0 Å². The van der Waals surface area contributed by atoms with E-state index in [2.05, 4.69) is 12.2 Å². The summed E-state index contributed by atoms with van der Waals surface area (Å²) in [7, 11) is 1.84. The Morgan fingerprint density at radius 1 is 1.31 bits per heavy atom. The molecule has 3 nitrogen and oxygen atoms in total. The second kappa shape index (κ2) is 5.99. The van der Waals surface area contributed by atoms with Crippen molar-refractivity contribution >= 4 is 0 Å². The van der Waals surface area contributed by atoms with Gasteiger partial charge in [0.2, 0.25) is 0 Å². The molecule has 3 heteroatoms. The molecule has 0 aromatic rings. The second-order valence-corrected chi connectivity index (χ2v) is 5.10. The van der Waals surface area contributed by atoms with Gasteiger partial charge >= 0.3 is 0 Å². The fraction of sp³-hybridized carbons (Fsp3) is 1.00. The average molecular weight is 227 g/mol. The lowest BCUT2D eigenvalue weighted by molar-refractivity contribution is -0.00695. The first kappa shape index (κ1) is 12.3. The van der Waals surface area contributed by atoms with E-state index in [9.17, 15) is 0 Å². The molecule has 1 heterocycles. The van der Waals surface area contributed by atoms with Crippen molar-refractivity contribution in [3.63, 3.8) is 0 Å². The van der Waals surface area contributed by atoms with Gasteiger partial charge in [-0.2, -0.15) is 0 Å². The molecular weight excluding hydrogens is 202 g/mol. The first-order chi connectivity index (χ1) is 7.83. The third-order valence-corrected chi connectivity index (χ3v) is 4.03. The highest BCUT2D eigenvalue weighted by molar-refractivity contribution is 4.88. The summed E-state index contributed by atoms with van der Waals surface area (Å²) < 4.78 is 11.2. The smallest absolute Gasteiger partial charge is 0.0724 e. The second-order valence-electron chi connectivity index (χ2n) is 5.10. The van der Waals surface area contributed by atoms with Gasteiger partial charge in [-0.15, -0.1) is 0 Å². The van der Waals surface area contributed by atoms with Crippen LogP contribution in [0.1, 0.15) is 45.4 Å². The van der Waals surface area contributed by atoms with Gasteiger partial charge in [0.05, 0.1) is 12.2 Å². The van der Waals surface area contributed by atoms with Gasteiger partial charge in [-0.25, -0.2) is 0 Å². The Balaban J connectivity index is 1.79. The van der Waals surface area contributed by atoms with Gasteiger partial charge in [0, 0.05) is 25.8 Å². The van der Waals surface area contributed by atoms with Crippen LogP contribution in [0.15, 0.2) is 0 Å². The van der Waals surface area contributed by atoms with E-state index in [0.717, 1.165) is 19.4 Å². The Morgan fingerprint density at radius 3 is 2.94 bits per heavy atom. The lowest BCUT2D eigenvalue weighted by atomic mass is 10.00. The summed E-state index contributed by atoms with van der Waals surface area (Å²) in [6.07, 6.45) is 8.15. The van der Waals surface area contributed by atoms with Crippen LogP contribution >= 0.6 is 0 Å². The normalized spacial score (nSPS) is 40.1. The SMILES string of the molecule is CCC1CC(NC2CCCC2OC)CCO1. The molecule has 2 rings (SSSR count). The number of hydrogen-bond donors (Lipinski definition) is 1. The number of ether oxygens (including phenoxy) is 2. The van der Waals surface area contributed by atoms with E-state index in [-0.39, 0.29) is 0 Å². The molecule has 94 valence electrons. The molecule has 0 spiro atoms. The van der Waals surface area contributed by atoms with Gasteiger partial charge in [-0.05, 0) is 38.5 Å². The third-order valence-electron chi connectivity index (χ3n) is 4.03. The number of rotatable bonds is 4. The van der Waals surface area contributed by atoms with Crippen molar-refractivity contribution < 1.29 is 9.47 Å². The highest BCUT2D eigenvalue weighted by Gasteiger charge is 2.30. The molecule has 4 unspecified atom stereocenters. The van der Waals surface area contributed by atoms with E-state index < -0.39 is 0 Å². The highest BCUT2D eigenvalue weighted by Crippen LogP contribution is 2.24. The molecule has 1 saturated heterocycles. The van der Waals surface area contributed by atoms with Crippen molar-refractivity contribution in [2.45, 2.75) is 69.7 Å². The summed E-state index contributed by atoms with van der Waals surface area (Å²) in [6, 6.07) is 1.21.